The van der Waals surface area contributed by atoms with E-state index in [4.69, 9.17) is 0 Å². The van der Waals surface area contributed by atoms with Gasteiger partial charge < -0.3 is 0 Å². The van der Waals surface area contributed by atoms with Gasteiger partial charge in [0.15, 0.2) is 0 Å². The lowest BCUT2D eigenvalue weighted by Crippen LogP contribution is -1.76. The third-order valence-corrected chi connectivity index (χ3v) is 4.58. The number of halogens is 2. The third kappa shape index (κ3) is 1.98. The summed E-state index contributed by atoms with van der Waals surface area (Å²) in [6, 6.07) is 3.89. The van der Waals surface area contributed by atoms with Crippen LogP contribution in [0.15, 0.2) is 32.9 Å². The third-order valence-electron chi connectivity index (χ3n) is 1.46. The predicted octanol–water partition coefficient (Wildman–Crippen LogP) is 3.73. The molecule has 2 nitrogen and oxygen atoms in total. The van der Waals surface area contributed by atoms with Crippen molar-refractivity contribution in [3.63, 3.8) is 0 Å². The molecule has 13 heavy (non-hydrogen) atoms. The van der Waals surface area contributed by atoms with E-state index in [0.717, 1.165) is 19.0 Å². The van der Waals surface area contributed by atoms with Crippen LogP contribution in [0.3, 0.4) is 0 Å². The number of rotatable bonds is 1. The van der Waals surface area contributed by atoms with E-state index < -0.39 is 0 Å². The molecule has 2 aromatic heterocycles. The van der Waals surface area contributed by atoms with Gasteiger partial charge in [0.1, 0.15) is 13.4 Å². The minimum atomic E-state index is 0.844. The van der Waals surface area contributed by atoms with Gasteiger partial charge in [-0.25, -0.2) is 4.98 Å². The van der Waals surface area contributed by atoms with Crippen molar-refractivity contribution >= 4 is 43.2 Å². The van der Waals surface area contributed by atoms with Crippen LogP contribution < -0.4 is 0 Å². The maximum Gasteiger partial charge on any atom is 0.132 e. The second kappa shape index (κ2) is 3.86. The van der Waals surface area contributed by atoms with Crippen molar-refractivity contribution in [3.05, 3.63) is 32.9 Å². The van der Waals surface area contributed by atoms with Gasteiger partial charge in [-0.3, -0.25) is 4.98 Å². The summed E-state index contributed by atoms with van der Waals surface area (Å²) in [5.41, 5.74) is 1.04. The summed E-state index contributed by atoms with van der Waals surface area (Å²) in [6.07, 6.45) is 3.55. The molecule has 0 atom stereocenters. The monoisotopic (exact) mass is 318 g/mol. The summed E-state index contributed by atoms with van der Waals surface area (Å²) in [5.74, 6) is 0. The maximum atomic E-state index is 4.33. The van der Waals surface area contributed by atoms with Crippen LogP contribution in [-0.2, 0) is 0 Å². The fourth-order valence-electron chi connectivity index (χ4n) is 0.896. The summed E-state index contributed by atoms with van der Waals surface area (Å²) < 4.78 is 1.85. The second-order valence-electron chi connectivity index (χ2n) is 2.33. The van der Waals surface area contributed by atoms with Gasteiger partial charge in [0.05, 0.1) is 0 Å². The number of hydrogen-bond donors (Lipinski definition) is 0. The van der Waals surface area contributed by atoms with Crippen molar-refractivity contribution in [2.45, 2.75) is 0 Å². The molecule has 2 rings (SSSR count). The zero-order valence-electron chi connectivity index (χ0n) is 6.37. The van der Waals surface area contributed by atoms with E-state index >= 15 is 0 Å². The Morgan fingerprint density at radius 1 is 1.31 bits per heavy atom. The average molecular weight is 320 g/mol. The van der Waals surface area contributed by atoms with E-state index in [9.17, 15) is 0 Å². The highest BCUT2D eigenvalue weighted by Crippen LogP contribution is 2.34. The molecule has 0 radical (unpaired) electrons. The second-order valence-corrected chi connectivity index (χ2v) is 5.39. The van der Waals surface area contributed by atoms with E-state index in [1.54, 1.807) is 23.7 Å². The summed E-state index contributed by atoms with van der Waals surface area (Å²) in [7, 11) is 0. The molecule has 0 aliphatic carbocycles. The summed E-state index contributed by atoms with van der Waals surface area (Å²) in [4.78, 5) is 8.36. The SMILES string of the molecule is Brc1nc(-c2cccnc2)sc1Br. The van der Waals surface area contributed by atoms with Crippen LogP contribution in [0.1, 0.15) is 0 Å². The molecule has 0 unspecified atom stereocenters. The van der Waals surface area contributed by atoms with Gasteiger partial charge in [-0.05, 0) is 44.0 Å². The molecule has 0 saturated carbocycles. The summed E-state index contributed by atoms with van der Waals surface area (Å²) in [5, 5.41) is 0.965. The molecule has 0 aliphatic rings. The fraction of sp³-hybridized carbons (Fsp3) is 0. The minimum absolute atomic E-state index is 0.844. The van der Waals surface area contributed by atoms with E-state index in [2.05, 4.69) is 41.8 Å². The van der Waals surface area contributed by atoms with Crippen molar-refractivity contribution in [1.29, 1.82) is 0 Å². The number of nitrogens with zero attached hydrogens (tertiary/aromatic N) is 2. The zero-order chi connectivity index (χ0) is 9.26. The molecule has 0 amide bonds. The Balaban J connectivity index is 2.48. The van der Waals surface area contributed by atoms with E-state index in [0.29, 0.717) is 0 Å². The number of aromatic nitrogens is 2. The minimum Gasteiger partial charge on any atom is -0.264 e. The highest BCUT2D eigenvalue weighted by molar-refractivity contribution is 9.13. The van der Waals surface area contributed by atoms with Gasteiger partial charge in [0.2, 0.25) is 0 Å². The molecule has 2 aromatic rings. The number of hydrogen-bond acceptors (Lipinski definition) is 3. The molecule has 0 saturated heterocycles. The molecule has 0 N–H and O–H groups in total. The number of pyridine rings is 1. The van der Waals surface area contributed by atoms with Gasteiger partial charge in [0.25, 0.3) is 0 Å². The van der Waals surface area contributed by atoms with Crippen molar-refractivity contribution in [2.24, 2.45) is 0 Å². The Hall–Kier alpha value is -0.260. The molecule has 0 aromatic carbocycles. The Bertz CT molecular complexity index is 394. The maximum absolute atomic E-state index is 4.33. The molecule has 0 aliphatic heterocycles. The predicted molar refractivity (Wildman–Crippen MR) is 60.7 cm³/mol. The first-order valence-electron chi connectivity index (χ1n) is 3.49. The van der Waals surface area contributed by atoms with Crippen LogP contribution in [0.4, 0.5) is 0 Å². The van der Waals surface area contributed by atoms with Gasteiger partial charge in [0, 0.05) is 18.0 Å². The number of thiazole rings is 1. The molecule has 66 valence electrons. The smallest absolute Gasteiger partial charge is 0.132 e. The van der Waals surface area contributed by atoms with E-state index in [1.165, 1.54) is 0 Å². The Morgan fingerprint density at radius 3 is 2.69 bits per heavy atom. The van der Waals surface area contributed by atoms with Crippen LogP contribution >= 0.6 is 43.2 Å². The first kappa shape index (κ1) is 9.30. The van der Waals surface area contributed by atoms with Crippen LogP contribution in [0.2, 0.25) is 0 Å². The molecular weight excluding hydrogens is 316 g/mol. The normalized spacial score (nSPS) is 10.3. The summed E-state index contributed by atoms with van der Waals surface area (Å²) >= 11 is 8.33. The summed E-state index contributed by atoms with van der Waals surface area (Å²) in [6.45, 7) is 0. The average Bonchev–Trinajstić information content (AvgIpc) is 2.49. The molecular formula is C8H4Br2N2S. The van der Waals surface area contributed by atoms with Crippen LogP contribution in [0, 0.1) is 0 Å². The van der Waals surface area contributed by atoms with Crippen LogP contribution in [-0.4, -0.2) is 9.97 Å². The first-order chi connectivity index (χ1) is 6.27. The van der Waals surface area contributed by atoms with E-state index in [1.807, 2.05) is 12.1 Å². The Morgan fingerprint density at radius 2 is 2.15 bits per heavy atom. The van der Waals surface area contributed by atoms with Crippen molar-refractivity contribution in [3.8, 4) is 10.6 Å². The molecule has 5 heteroatoms. The highest BCUT2D eigenvalue weighted by Gasteiger charge is 2.07. The molecule has 0 fully saturated rings. The molecule has 2 heterocycles. The van der Waals surface area contributed by atoms with E-state index in [-0.39, 0.29) is 0 Å². The topological polar surface area (TPSA) is 25.8 Å². The van der Waals surface area contributed by atoms with Crippen LogP contribution in [0.25, 0.3) is 10.6 Å². The Kier molecular flexibility index (Phi) is 2.76. The van der Waals surface area contributed by atoms with Gasteiger partial charge >= 0.3 is 0 Å². The fourth-order valence-corrected chi connectivity index (χ4v) is 2.66. The highest BCUT2D eigenvalue weighted by atomic mass is 79.9. The Labute approximate surface area is 96.3 Å². The quantitative estimate of drug-likeness (QED) is 0.800. The lowest BCUT2D eigenvalue weighted by atomic mass is 10.3. The molecule has 0 bridgehead atoms. The van der Waals surface area contributed by atoms with Crippen molar-refractivity contribution < 1.29 is 0 Å². The zero-order valence-corrected chi connectivity index (χ0v) is 10.4. The van der Waals surface area contributed by atoms with Gasteiger partial charge in [-0.2, -0.15) is 0 Å². The van der Waals surface area contributed by atoms with Gasteiger partial charge in [-0.1, -0.05) is 0 Å². The lowest BCUT2D eigenvalue weighted by molar-refractivity contribution is 1.30. The van der Waals surface area contributed by atoms with Crippen LogP contribution in [0.5, 0.6) is 0 Å². The van der Waals surface area contributed by atoms with Gasteiger partial charge in [-0.15, -0.1) is 11.3 Å². The first-order valence-corrected chi connectivity index (χ1v) is 5.90. The van der Waals surface area contributed by atoms with Crippen molar-refractivity contribution in [1.82, 2.24) is 9.97 Å². The lowest BCUT2D eigenvalue weighted by Gasteiger charge is -1.91. The standard InChI is InChI=1S/C8H4Br2N2S/c9-6-7(10)13-8(12-6)5-2-1-3-11-4-5/h1-4H. The largest absolute Gasteiger partial charge is 0.264 e. The molecule has 0 spiro atoms. The van der Waals surface area contributed by atoms with Crippen molar-refractivity contribution in [2.75, 3.05) is 0 Å².